The summed E-state index contributed by atoms with van der Waals surface area (Å²) in [6.07, 6.45) is 1.20. The number of anilines is 1. The second-order valence-electron chi connectivity index (χ2n) is 4.68. The van der Waals surface area contributed by atoms with Crippen molar-refractivity contribution < 1.29 is 9.53 Å². The molecular formula is C17H13IN2O2. The molecule has 0 bridgehead atoms. The number of aromatic nitrogens is 1. The van der Waals surface area contributed by atoms with E-state index >= 15 is 0 Å². The minimum atomic E-state index is -0.477. The highest BCUT2D eigenvalue weighted by Crippen LogP contribution is 2.25. The van der Waals surface area contributed by atoms with Crippen molar-refractivity contribution >= 4 is 45.3 Å². The number of ether oxygens (including phenoxy) is 1. The molecule has 0 saturated carbocycles. The third kappa shape index (κ3) is 3.36. The van der Waals surface area contributed by atoms with Crippen LogP contribution in [0.4, 0.5) is 10.5 Å². The predicted molar refractivity (Wildman–Crippen MR) is 94.7 cm³/mol. The molecule has 0 aliphatic rings. The van der Waals surface area contributed by atoms with E-state index in [2.05, 4.69) is 32.9 Å². The molecule has 5 heteroatoms. The molecule has 3 rings (SSSR count). The van der Waals surface area contributed by atoms with Crippen molar-refractivity contribution in [2.24, 2.45) is 0 Å². The molecule has 4 nitrogen and oxygen atoms in total. The SMILES string of the molecule is O=C(Nc1ccnc2c(I)cccc12)OCc1ccccc1. The molecule has 1 heterocycles. The summed E-state index contributed by atoms with van der Waals surface area (Å²) in [5, 5.41) is 3.67. The standard InChI is InChI=1S/C17H13IN2O2/c18-14-8-4-7-13-15(9-10-19-16(13)14)20-17(21)22-11-12-5-2-1-3-6-12/h1-10H,11H2,(H,19,20,21). The highest BCUT2D eigenvalue weighted by atomic mass is 127. The number of fused-ring (bicyclic) bond motifs is 1. The molecule has 110 valence electrons. The molecule has 2 aromatic carbocycles. The number of nitrogens with zero attached hydrogens (tertiary/aromatic N) is 1. The Morgan fingerprint density at radius 2 is 1.91 bits per heavy atom. The lowest BCUT2D eigenvalue weighted by molar-refractivity contribution is 0.155. The average molecular weight is 404 g/mol. The van der Waals surface area contributed by atoms with Gasteiger partial charge in [0.05, 0.1) is 11.2 Å². The summed E-state index contributed by atoms with van der Waals surface area (Å²) in [6, 6.07) is 17.2. The van der Waals surface area contributed by atoms with Gasteiger partial charge in [-0.25, -0.2) is 4.79 Å². The van der Waals surface area contributed by atoms with Crippen LogP contribution in [0, 0.1) is 3.57 Å². The highest BCUT2D eigenvalue weighted by Gasteiger charge is 2.08. The lowest BCUT2D eigenvalue weighted by Crippen LogP contribution is -2.13. The Kier molecular flexibility index (Phi) is 4.53. The fraction of sp³-hybridized carbons (Fsp3) is 0.0588. The average Bonchev–Trinajstić information content (AvgIpc) is 2.55. The molecule has 0 unspecified atom stereocenters. The third-order valence-corrected chi connectivity index (χ3v) is 4.04. The Morgan fingerprint density at radius 3 is 2.73 bits per heavy atom. The van der Waals surface area contributed by atoms with Crippen LogP contribution in [0.2, 0.25) is 0 Å². The number of benzene rings is 2. The fourth-order valence-corrected chi connectivity index (χ4v) is 2.76. The summed E-state index contributed by atoms with van der Waals surface area (Å²) in [4.78, 5) is 16.3. The van der Waals surface area contributed by atoms with Crippen molar-refractivity contribution in [2.75, 3.05) is 5.32 Å². The van der Waals surface area contributed by atoms with Crippen LogP contribution in [-0.2, 0) is 11.3 Å². The molecule has 0 fully saturated rings. The second kappa shape index (κ2) is 6.74. The van der Waals surface area contributed by atoms with Crippen molar-refractivity contribution in [2.45, 2.75) is 6.61 Å². The van der Waals surface area contributed by atoms with Gasteiger partial charge < -0.3 is 4.74 Å². The molecule has 0 aliphatic carbocycles. The molecule has 1 aromatic heterocycles. The number of hydrogen-bond donors (Lipinski definition) is 1. The van der Waals surface area contributed by atoms with E-state index < -0.39 is 6.09 Å². The topological polar surface area (TPSA) is 51.2 Å². The molecule has 1 amide bonds. The van der Waals surface area contributed by atoms with Gasteiger partial charge in [0.25, 0.3) is 0 Å². The zero-order valence-corrected chi connectivity index (χ0v) is 13.8. The van der Waals surface area contributed by atoms with Gasteiger partial charge >= 0.3 is 6.09 Å². The predicted octanol–water partition coefficient (Wildman–Crippen LogP) is 4.59. The number of rotatable bonds is 3. The van der Waals surface area contributed by atoms with Crippen molar-refractivity contribution in [1.82, 2.24) is 4.98 Å². The molecule has 1 N–H and O–H groups in total. The van der Waals surface area contributed by atoms with E-state index in [1.807, 2.05) is 48.5 Å². The van der Waals surface area contributed by atoms with Crippen molar-refractivity contribution in [3.8, 4) is 0 Å². The summed E-state index contributed by atoms with van der Waals surface area (Å²) in [5.41, 5.74) is 2.51. The van der Waals surface area contributed by atoms with E-state index in [9.17, 15) is 4.79 Å². The monoisotopic (exact) mass is 404 g/mol. The minimum Gasteiger partial charge on any atom is -0.444 e. The number of carbonyl (C=O) groups excluding carboxylic acids is 1. The Morgan fingerprint density at radius 1 is 1.09 bits per heavy atom. The number of halogens is 1. The molecule has 0 spiro atoms. The zero-order chi connectivity index (χ0) is 15.4. The number of carbonyl (C=O) groups is 1. The van der Waals surface area contributed by atoms with Gasteiger partial charge in [-0.15, -0.1) is 0 Å². The number of nitrogens with one attached hydrogen (secondary N) is 1. The van der Waals surface area contributed by atoms with Gasteiger partial charge in [-0.2, -0.15) is 0 Å². The lowest BCUT2D eigenvalue weighted by atomic mass is 10.2. The zero-order valence-electron chi connectivity index (χ0n) is 11.6. The van der Waals surface area contributed by atoms with Gasteiger partial charge in [0.15, 0.2) is 0 Å². The van der Waals surface area contributed by atoms with Crippen LogP contribution in [0.25, 0.3) is 10.9 Å². The Labute approximate surface area is 141 Å². The number of amides is 1. The van der Waals surface area contributed by atoms with E-state index in [0.29, 0.717) is 5.69 Å². The minimum absolute atomic E-state index is 0.243. The first-order chi connectivity index (χ1) is 10.7. The molecule has 3 aromatic rings. The third-order valence-electron chi connectivity index (χ3n) is 3.17. The highest BCUT2D eigenvalue weighted by molar-refractivity contribution is 14.1. The largest absolute Gasteiger partial charge is 0.444 e. The van der Waals surface area contributed by atoms with E-state index in [4.69, 9.17) is 4.74 Å². The van der Waals surface area contributed by atoms with Crippen LogP contribution in [-0.4, -0.2) is 11.1 Å². The van der Waals surface area contributed by atoms with Crippen LogP contribution in [0.3, 0.4) is 0 Å². The lowest BCUT2D eigenvalue weighted by Gasteiger charge is -2.09. The fourth-order valence-electron chi connectivity index (χ4n) is 2.12. The van der Waals surface area contributed by atoms with Crippen molar-refractivity contribution in [3.63, 3.8) is 0 Å². The van der Waals surface area contributed by atoms with Crippen LogP contribution >= 0.6 is 22.6 Å². The Balaban J connectivity index is 1.73. The molecule has 0 radical (unpaired) electrons. The maximum absolute atomic E-state index is 12.0. The van der Waals surface area contributed by atoms with Gasteiger partial charge in [-0.1, -0.05) is 42.5 Å². The summed E-state index contributed by atoms with van der Waals surface area (Å²) in [5.74, 6) is 0. The van der Waals surface area contributed by atoms with E-state index in [1.54, 1.807) is 12.3 Å². The summed E-state index contributed by atoms with van der Waals surface area (Å²) in [7, 11) is 0. The molecule has 0 atom stereocenters. The smallest absolute Gasteiger partial charge is 0.411 e. The van der Waals surface area contributed by atoms with Crippen LogP contribution < -0.4 is 5.32 Å². The van der Waals surface area contributed by atoms with E-state index in [-0.39, 0.29) is 6.61 Å². The van der Waals surface area contributed by atoms with Gasteiger partial charge in [-0.3, -0.25) is 10.3 Å². The van der Waals surface area contributed by atoms with E-state index in [0.717, 1.165) is 20.0 Å². The summed E-state index contributed by atoms with van der Waals surface area (Å²) >= 11 is 2.23. The molecule has 0 aliphatic heterocycles. The first-order valence-corrected chi connectivity index (χ1v) is 7.83. The Hall–Kier alpha value is -2.15. The van der Waals surface area contributed by atoms with Crippen molar-refractivity contribution in [1.29, 1.82) is 0 Å². The molecule has 0 saturated heterocycles. The van der Waals surface area contributed by atoms with Crippen molar-refractivity contribution in [3.05, 3.63) is 69.9 Å². The number of para-hydroxylation sites is 1. The van der Waals surface area contributed by atoms with Gasteiger partial charge in [0, 0.05) is 15.2 Å². The quantitative estimate of drug-likeness (QED) is 0.650. The first-order valence-electron chi connectivity index (χ1n) is 6.75. The number of pyridine rings is 1. The first kappa shape index (κ1) is 14.8. The van der Waals surface area contributed by atoms with E-state index in [1.165, 1.54) is 0 Å². The maximum atomic E-state index is 12.0. The van der Waals surface area contributed by atoms with Gasteiger partial charge in [0.2, 0.25) is 0 Å². The normalized spacial score (nSPS) is 10.4. The summed E-state index contributed by atoms with van der Waals surface area (Å²) < 4.78 is 6.28. The maximum Gasteiger partial charge on any atom is 0.411 e. The molecule has 22 heavy (non-hydrogen) atoms. The van der Waals surface area contributed by atoms with Crippen LogP contribution in [0.15, 0.2) is 60.8 Å². The second-order valence-corrected chi connectivity index (χ2v) is 5.84. The Bertz CT molecular complexity index is 806. The van der Waals surface area contributed by atoms with Crippen LogP contribution in [0.5, 0.6) is 0 Å². The summed E-state index contributed by atoms with van der Waals surface area (Å²) in [6.45, 7) is 0.243. The number of hydrogen-bond acceptors (Lipinski definition) is 3. The van der Waals surface area contributed by atoms with Gasteiger partial charge in [0.1, 0.15) is 6.61 Å². The van der Waals surface area contributed by atoms with Gasteiger partial charge in [-0.05, 0) is 40.3 Å². The van der Waals surface area contributed by atoms with Crippen LogP contribution in [0.1, 0.15) is 5.56 Å². The molecular weight excluding hydrogens is 391 g/mol.